The van der Waals surface area contributed by atoms with Crippen LogP contribution in [-0.2, 0) is 13.0 Å². The minimum Gasteiger partial charge on any atom is -0.395 e. The van der Waals surface area contributed by atoms with Crippen molar-refractivity contribution in [2.24, 2.45) is 0 Å². The van der Waals surface area contributed by atoms with Crippen LogP contribution in [0.25, 0.3) is 0 Å². The van der Waals surface area contributed by atoms with E-state index in [9.17, 15) is 4.79 Å². The maximum Gasteiger partial charge on any atom is 0.277 e. The normalized spacial score (nSPS) is 10.7. The zero-order valence-corrected chi connectivity index (χ0v) is 11.9. The first-order chi connectivity index (χ1) is 9.06. The molecule has 1 amide bonds. The van der Waals surface area contributed by atoms with Crippen molar-refractivity contribution < 1.29 is 4.79 Å². The lowest BCUT2D eigenvalue weighted by molar-refractivity contribution is 0.101. The van der Waals surface area contributed by atoms with E-state index >= 15 is 0 Å². The van der Waals surface area contributed by atoms with E-state index in [2.05, 4.69) is 20.6 Å². The van der Waals surface area contributed by atoms with E-state index in [1.807, 2.05) is 13.8 Å². The summed E-state index contributed by atoms with van der Waals surface area (Å²) in [6.45, 7) is 6.25. The van der Waals surface area contributed by atoms with Crippen LogP contribution in [0.5, 0.6) is 0 Å². The lowest BCUT2D eigenvalue weighted by atomic mass is 10.3. The van der Waals surface area contributed by atoms with E-state index in [0.717, 1.165) is 11.4 Å². The van der Waals surface area contributed by atoms with Gasteiger partial charge in [-0.25, -0.2) is 0 Å². The molecule has 0 bridgehead atoms. The molecule has 2 aromatic rings. The van der Waals surface area contributed by atoms with Gasteiger partial charge in [-0.3, -0.25) is 14.8 Å². The Kier molecular flexibility index (Phi) is 3.79. The van der Waals surface area contributed by atoms with Gasteiger partial charge in [-0.1, -0.05) is 18.3 Å². The maximum atomic E-state index is 12.2. The largest absolute Gasteiger partial charge is 0.395 e. The van der Waals surface area contributed by atoms with Gasteiger partial charge in [0.2, 0.25) is 5.13 Å². The molecule has 0 radical (unpaired) electrons. The molecule has 0 atom stereocenters. The van der Waals surface area contributed by atoms with E-state index in [4.69, 9.17) is 5.73 Å². The zero-order valence-electron chi connectivity index (χ0n) is 11.1. The first-order valence-corrected chi connectivity index (χ1v) is 6.85. The third-order valence-electron chi connectivity index (χ3n) is 2.68. The summed E-state index contributed by atoms with van der Waals surface area (Å²) in [5, 5.41) is 16.1. The molecule has 0 spiro atoms. The van der Waals surface area contributed by atoms with Gasteiger partial charge < -0.3 is 5.73 Å². The molecule has 0 aliphatic rings. The second-order valence-electron chi connectivity index (χ2n) is 3.97. The molecular formula is C11H16N6OS. The highest BCUT2D eigenvalue weighted by molar-refractivity contribution is 7.15. The number of amides is 1. The van der Waals surface area contributed by atoms with Gasteiger partial charge in [0.05, 0.1) is 11.4 Å². The topological polar surface area (TPSA) is 98.7 Å². The minimum atomic E-state index is -0.307. The predicted molar refractivity (Wildman–Crippen MR) is 74.3 cm³/mol. The third-order valence-corrected chi connectivity index (χ3v) is 3.66. The fraction of sp³-hybridized carbons (Fsp3) is 0.455. The number of carbonyl (C=O) groups is 1. The molecule has 0 saturated heterocycles. The monoisotopic (exact) mass is 280 g/mol. The molecule has 0 unspecified atom stereocenters. The average Bonchev–Trinajstić information content (AvgIpc) is 2.95. The van der Waals surface area contributed by atoms with Crippen LogP contribution in [0.3, 0.4) is 0 Å². The number of nitrogens with zero attached hydrogens (tertiary/aromatic N) is 4. The van der Waals surface area contributed by atoms with Crippen molar-refractivity contribution >= 4 is 28.1 Å². The van der Waals surface area contributed by atoms with Crippen LogP contribution >= 0.6 is 11.3 Å². The molecule has 0 fully saturated rings. The molecule has 7 nitrogen and oxygen atoms in total. The number of nitrogen functional groups attached to an aromatic ring is 1. The van der Waals surface area contributed by atoms with E-state index < -0.39 is 0 Å². The first kappa shape index (κ1) is 13.5. The van der Waals surface area contributed by atoms with Crippen LogP contribution in [0, 0.1) is 6.92 Å². The molecule has 2 aromatic heterocycles. The van der Waals surface area contributed by atoms with Crippen LogP contribution in [0.4, 0.5) is 10.8 Å². The molecule has 3 N–H and O–H groups in total. The molecule has 19 heavy (non-hydrogen) atoms. The van der Waals surface area contributed by atoms with Gasteiger partial charge in [0.15, 0.2) is 0 Å². The highest BCUT2D eigenvalue weighted by Gasteiger charge is 2.20. The number of nitrogens with one attached hydrogen (secondary N) is 1. The lowest BCUT2D eigenvalue weighted by Gasteiger charge is -2.04. The standard InChI is InChI=1S/C11H16N6OS/c1-4-7-14-15-11(19-7)13-10(18)9-8(12)6(3)16-17(9)5-2/h4-5,12H2,1-3H3,(H,13,15,18). The quantitative estimate of drug-likeness (QED) is 0.883. The van der Waals surface area contributed by atoms with E-state index in [1.54, 1.807) is 11.6 Å². The molecular weight excluding hydrogens is 264 g/mol. The Hall–Kier alpha value is -1.96. The Morgan fingerprint density at radius 3 is 2.74 bits per heavy atom. The summed E-state index contributed by atoms with van der Waals surface area (Å²) in [7, 11) is 0. The highest BCUT2D eigenvalue weighted by atomic mass is 32.1. The van der Waals surface area contributed by atoms with Gasteiger partial charge in [-0.2, -0.15) is 5.10 Å². The minimum absolute atomic E-state index is 0.307. The van der Waals surface area contributed by atoms with Crippen LogP contribution < -0.4 is 11.1 Å². The van der Waals surface area contributed by atoms with Crippen LogP contribution in [0.1, 0.15) is 35.0 Å². The number of nitrogens with two attached hydrogens (primary N) is 1. The number of anilines is 2. The molecule has 8 heteroatoms. The van der Waals surface area contributed by atoms with Crippen molar-refractivity contribution in [2.45, 2.75) is 33.7 Å². The molecule has 2 rings (SSSR count). The summed E-state index contributed by atoms with van der Waals surface area (Å²) in [6.07, 6.45) is 0.793. The fourth-order valence-electron chi connectivity index (χ4n) is 1.67. The van der Waals surface area contributed by atoms with Crippen molar-refractivity contribution in [3.8, 4) is 0 Å². The van der Waals surface area contributed by atoms with Crippen LogP contribution in [0.15, 0.2) is 0 Å². The molecule has 102 valence electrons. The van der Waals surface area contributed by atoms with E-state index in [-0.39, 0.29) is 5.91 Å². The Balaban J connectivity index is 2.24. The average molecular weight is 280 g/mol. The predicted octanol–water partition coefficient (Wildman–Crippen LogP) is 1.46. The summed E-state index contributed by atoms with van der Waals surface area (Å²) in [5.74, 6) is -0.307. The van der Waals surface area contributed by atoms with Gasteiger partial charge in [0.25, 0.3) is 5.91 Å². The fourth-order valence-corrected chi connectivity index (χ4v) is 2.34. The number of aryl methyl sites for hydroxylation is 3. The summed E-state index contributed by atoms with van der Waals surface area (Å²) >= 11 is 1.36. The van der Waals surface area contributed by atoms with Gasteiger partial charge >= 0.3 is 0 Å². The van der Waals surface area contributed by atoms with Crippen molar-refractivity contribution in [2.75, 3.05) is 11.1 Å². The third kappa shape index (κ3) is 2.58. The number of hydrogen-bond donors (Lipinski definition) is 2. The number of aromatic nitrogens is 4. The number of carbonyl (C=O) groups excluding carboxylic acids is 1. The summed E-state index contributed by atoms with van der Waals surface area (Å²) in [6, 6.07) is 0. The van der Waals surface area contributed by atoms with Gasteiger partial charge in [0.1, 0.15) is 10.7 Å². The van der Waals surface area contributed by atoms with Crippen LogP contribution in [-0.4, -0.2) is 25.9 Å². The summed E-state index contributed by atoms with van der Waals surface area (Å²) < 4.78 is 1.59. The molecule has 0 aromatic carbocycles. The summed E-state index contributed by atoms with van der Waals surface area (Å²) in [5.41, 5.74) is 7.31. The maximum absolute atomic E-state index is 12.2. The molecule has 0 saturated carbocycles. The van der Waals surface area contributed by atoms with Gasteiger partial charge in [-0.05, 0) is 20.3 Å². The lowest BCUT2D eigenvalue weighted by Crippen LogP contribution is -2.18. The molecule has 2 heterocycles. The first-order valence-electron chi connectivity index (χ1n) is 6.03. The Morgan fingerprint density at radius 1 is 1.42 bits per heavy atom. The van der Waals surface area contributed by atoms with E-state index in [1.165, 1.54) is 11.3 Å². The second kappa shape index (κ2) is 5.35. The Labute approximate surface area is 114 Å². The Morgan fingerprint density at radius 2 is 2.16 bits per heavy atom. The van der Waals surface area contributed by atoms with Crippen molar-refractivity contribution in [3.05, 3.63) is 16.4 Å². The highest BCUT2D eigenvalue weighted by Crippen LogP contribution is 2.20. The smallest absolute Gasteiger partial charge is 0.277 e. The molecule has 0 aliphatic carbocycles. The van der Waals surface area contributed by atoms with Crippen molar-refractivity contribution in [1.82, 2.24) is 20.0 Å². The zero-order chi connectivity index (χ0) is 14.0. The van der Waals surface area contributed by atoms with Crippen molar-refractivity contribution in [1.29, 1.82) is 0 Å². The van der Waals surface area contributed by atoms with Crippen molar-refractivity contribution in [3.63, 3.8) is 0 Å². The van der Waals surface area contributed by atoms with Crippen LogP contribution in [0.2, 0.25) is 0 Å². The van der Waals surface area contributed by atoms with Gasteiger partial charge in [-0.15, -0.1) is 10.2 Å². The van der Waals surface area contributed by atoms with E-state index in [0.29, 0.717) is 28.8 Å². The summed E-state index contributed by atoms with van der Waals surface area (Å²) in [4.78, 5) is 12.2. The molecule has 0 aliphatic heterocycles. The second-order valence-corrected chi connectivity index (χ2v) is 5.03. The number of rotatable bonds is 4. The number of hydrogen-bond acceptors (Lipinski definition) is 6. The SMILES string of the molecule is CCc1nnc(NC(=O)c2c(N)c(C)nn2CC)s1. The Bertz CT molecular complexity index is 602. The van der Waals surface area contributed by atoms with Gasteiger partial charge in [0, 0.05) is 6.54 Å².